The highest BCUT2D eigenvalue weighted by molar-refractivity contribution is 5.26. The zero-order chi connectivity index (χ0) is 13.7. The summed E-state index contributed by atoms with van der Waals surface area (Å²) in [6.07, 6.45) is 3.37. The largest absolute Gasteiger partial charge is 0.392 e. The van der Waals surface area contributed by atoms with Crippen LogP contribution in [0.4, 0.5) is 0 Å². The van der Waals surface area contributed by atoms with E-state index in [9.17, 15) is 5.11 Å². The molecule has 4 nitrogen and oxygen atoms in total. The third-order valence-electron chi connectivity index (χ3n) is 3.27. The predicted molar refractivity (Wildman–Crippen MR) is 74.9 cm³/mol. The van der Waals surface area contributed by atoms with Crippen molar-refractivity contribution in [2.45, 2.75) is 45.8 Å². The van der Waals surface area contributed by atoms with Crippen molar-refractivity contribution in [2.75, 3.05) is 0 Å². The van der Waals surface area contributed by atoms with Crippen LogP contribution in [-0.2, 0) is 19.4 Å². The maximum Gasteiger partial charge on any atom is 0.138 e. The SMILES string of the molecule is CCCn1ncnc1CC(O)Cc1ccccc1C. The van der Waals surface area contributed by atoms with Gasteiger partial charge in [-0.25, -0.2) is 4.98 Å². The summed E-state index contributed by atoms with van der Waals surface area (Å²) in [4.78, 5) is 4.23. The average molecular weight is 259 g/mol. The first-order valence-corrected chi connectivity index (χ1v) is 6.80. The Kier molecular flexibility index (Phi) is 4.68. The summed E-state index contributed by atoms with van der Waals surface area (Å²) in [7, 11) is 0. The molecule has 102 valence electrons. The summed E-state index contributed by atoms with van der Waals surface area (Å²) >= 11 is 0. The average Bonchev–Trinajstić information content (AvgIpc) is 2.80. The lowest BCUT2D eigenvalue weighted by Crippen LogP contribution is -2.18. The van der Waals surface area contributed by atoms with Gasteiger partial charge in [-0.05, 0) is 30.9 Å². The highest BCUT2D eigenvalue weighted by atomic mass is 16.3. The van der Waals surface area contributed by atoms with Crippen molar-refractivity contribution >= 4 is 0 Å². The summed E-state index contributed by atoms with van der Waals surface area (Å²) < 4.78 is 1.88. The van der Waals surface area contributed by atoms with Crippen LogP contribution in [-0.4, -0.2) is 26.0 Å². The van der Waals surface area contributed by atoms with Crippen molar-refractivity contribution in [3.8, 4) is 0 Å². The smallest absolute Gasteiger partial charge is 0.138 e. The molecule has 0 aliphatic carbocycles. The molecule has 1 heterocycles. The number of rotatable bonds is 6. The van der Waals surface area contributed by atoms with Crippen molar-refractivity contribution in [3.05, 3.63) is 47.5 Å². The fraction of sp³-hybridized carbons (Fsp3) is 0.467. The second-order valence-corrected chi connectivity index (χ2v) is 4.89. The van der Waals surface area contributed by atoms with Crippen molar-refractivity contribution < 1.29 is 5.11 Å². The number of nitrogens with zero attached hydrogens (tertiary/aromatic N) is 3. The van der Waals surface area contributed by atoms with Crippen LogP contribution in [0.25, 0.3) is 0 Å². The first-order chi connectivity index (χ1) is 9.20. The third kappa shape index (κ3) is 3.64. The van der Waals surface area contributed by atoms with Crippen molar-refractivity contribution in [1.29, 1.82) is 0 Å². The van der Waals surface area contributed by atoms with E-state index in [1.807, 2.05) is 16.8 Å². The number of benzene rings is 1. The lowest BCUT2D eigenvalue weighted by molar-refractivity contribution is 0.171. The molecule has 1 aromatic carbocycles. The molecule has 1 unspecified atom stereocenters. The quantitative estimate of drug-likeness (QED) is 0.864. The third-order valence-corrected chi connectivity index (χ3v) is 3.27. The number of aromatic nitrogens is 3. The number of hydrogen-bond acceptors (Lipinski definition) is 3. The van der Waals surface area contributed by atoms with Gasteiger partial charge in [0.1, 0.15) is 12.2 Å². The van der Waals surface area contributed by atoms with Gasteiger partial charge >= 0.3 is 0 Å². The molecule has 0 fully saturated rings. The first kappa shape index (κ1) is 13.7. The van der Waals surface area contributed by atoms with Gasteiger partial charge in [0.25, 0.3) is 0 Å². The van der Waals surface area contributed by atoms with Gasteiger partial charge in [-0.3, -0.25) is 4.68 Å². The predicted octanol–water partition coefficient (Wildman–Crippen LogP) is 2.14. The number of aliphatic hydroxyl groups excluding tert-OH is 1. The Balaban J connectivity index is 1.99. The van der Waals surface area contributed by atoms with Gasteiger partial charge in [0.15, 0.2) is 0 Å². The Hall–Kier alpha value is -1.68. The van der Waals surface area contributed by atoms with E-state index in [1.165, 1.54) is 11.1 Å². The second-order valence-electron chi connectivity index (χ2n) is 4.89. The Bertz CT molecular complexity index is 522. The lowest BCUT2D eigenvalue weighted by Gasteiger charge is -2.12. The Morgan fingerprint density at radius 1 is 1.26 bits per heavy atom. The molecule has 1 N–H and O–H groups in total. The number of aliphatic hydroxyl groups is 1. The van der Waals surface area contributed by atoms with E-state index in [-0.39, 0.29) is 0 Å². The summed E-state index contributed by atoms with van der Waals surface area (Å²) in [5.41, 5.74) is 2.41. The van der Waals surface area contributed by atoms with Crippen LogP contribution >= 0.6 is 0 Å². The van der Waals surface area contributed by atoms with Crippen LogP contribution in [0.3, 0.4) is 0 Å². The molecular weight excluding hydrogens is 238 g/mol. The normalized spacial score (nSPS) is 12.6. The molecule has 4 heteroatoms. The van der Waals surface area contributed by atoms with Gasteiger partial charge in [-0.2, -0.15) is 5.10 Å². The van der Waals surface area contributed by atoms with Crippen molar-refractivity contribution in [1.82, 2.24) is 14.8 Å². The van der Waals surface area contributed by atoms with E-state index in [0.29, 0.717) is 12.8 Å². The van der Waals surface area contributed by atoms with Crippen LogP contribution in [0.5, 0.6) is 0 Å². The van der Waals surface area contributed by atoms with E-state index < -0.39 is 6.10 Å². The molecule has 0 bridgehead atoms. The van der Waals surface area contributed by atoms with E-state index in [0.717, 1.165) is 18.8 Å². The van der Waals surface area contributed by atoms with E-state index in [1.54, 1.807) is 6.33 Å². The van der Waals surface area contributed by atoms with Gasteiger partial charge in [0.05, 0.1) is 6.10 Å². The first-order valence-electron chi connectivity index (χ1n) is 6.80. The molecule has 1 aromatic heterocycles. The minimum atomic E-state index is -0.416. The summed E-state index contributed by atoms with van der Waals surface area (Å²) in [5.74, 6) is 0.864. The molecule has 0 aliphatic heterocycles. The molecule has 0 radical (unpaired) electrons. The molecule has 0 amide bonds. The molecule has 0 saturated carbocycles. The monoisotopic (exact) mass is 259 g/mol. The lowest BCUT2D eigenvalue weighted by atomic mass is 10.0. The minimum absolute atomic E-state index is 0.416. The molecule has 2 aromatic rings. The highest BCUT2D eigenvalue weighted by Crippen LogP contribution is 2.12. The zero-order valence-electron chi connectivity index (χ0n) is 11.6. The Morgan fingerprint density at radius 3 is 2.79 bits per heavy atom. The van der Waals surface area contributed by atoms with Crippen LogP contribution < -0.4 is 0 Å². The van der Waals surface area contributed by atoms with Crippen molar-refractivity contribution in [3.63, 3.8) is 0 Å². The van der Waals surface area contributed by atoms with E-state index in [2.05, 4.69) is 36.1 Å². The van der Waals surface area contributed by atoms with E-state index >= 15 is 0 Å². The van der Waals surface area contributed by atoms with Gasteiger partial charge in [-0.15, -0.1) is 0 Å². The molecule has 0 saturated heterocycles. The zero-order valence-corrected chi connectivity index (χ0v) is 11.6. The Labute approximate surface area is 114 Å². The fourth-order valence-corrected chi connectivity index (χ4v) is 2.22. The van der Waals surface area contributed by atoms with Crippen LogP contribution in [0.15, 0.2) is 30.6 Å². The molecule has 1 atom stereocenters. The fourth-order valence-electron chi connectivity index (χ4n) is 2.22. The maximum atomic E-state index is 10.2. The molecule has 19 heavy (non-hydrogen) atoms. The van der Waals surface area contributed by atoms with Crippen LogP contribution in [0, 0.1) is 6.92 Å². The van der Waals surface area contributed by atoms with Gasteiger partial charge in [0, 0.05) is 13.0 Å². The Morgan fingerprint density at radius 2 is 2.05 bits per heavy atom. The summed E-state index contributed by atoms with van der Waals surface area (Å²) in [5, 5.41) is 14.4. The molecule has 2 rings (SSSR count). The molecule has 0 spiro atoms. The summed E-state index contributed by atoms with van der Waals surface area (Å²) in [6, 6.07) is 8.16. The molecular formula is C15H21N3O. The highest BCUT2D eigenvalue weighted by Gasteiger charge is 2.12. The maximum absolute atomic E-state index is 10.2. The number of hydrogen-bond donors (Lipinski definition) is 1. The standard InChI is InChI=1S/C15H21N3O/c1-3-8-18-15(16-11-17-18)10-14(19)9-13-7-5-4-6-12(13)2/h4-7,11,14,19H,3,8-10H2,1-2H3. The minimum Gasteiger partial charge on any atom is -0.392 e. The number of aryl methyl sites for hydroxylation is 2. The van der Waals surface area contributed by atoms with Gasteiger partial charge in [-0.1, -0.05) is 31.2 Å². The second kappa shape index (κ2) is 6.48. The van der Waals surface area contributed by atoms with Crippen molar-refractivity contribution in [2.24, 2.45) is 0 Å². The molecule has 0 aliphatic rings. The van der Waals surface area contributed by atoms with Crippen LogP contribution in [0.1, 0.15) is 30.3 Å². The topological polar surface area (TPSA) is 50.9 Å². The van der Waals surface area contributed by atoms with Gasteiger partial charge < -0.3 is 5.11 Å². The van der Waals surface area contributed by atoms with Gasteiger partial charge in [0.2, 0.25) is 0 Å². The van der Waals surface area contributed by atoms with Crippen LogP contribution in [0.2, 0.25) is 0 Å². The van der Waals surface area contributed by atoms with E-state index in [4.69, 9.17) is 0 Å². The summed E-state index contributed by atoms with van der Waals surface area (Å²) in [6.45, 7) is 5.03.